The van der Waals surface area contributed by atoms with E-state index in [0.717, 1.165) is 38.2 Å². The molecule has 0 amide bonds. The Hall–Kier alpha value is -0.930. The van der Waals surface area contributed by atoms with E-state index < -0.39 is 0 Å². The lowest BCUT2D eigenvalue weighted by molar-refractivity contribution is 0.124. The molecule has 102 valence electrons. The fourth-order valence-electron chi connectivity index (χ4n) is 1.97. The molecule has 0 aromatic heterocycles. The molecule has 0 heterocycles. The van der Waals surface area contributed by atoms with Crippen LogP contribution in [0.2, 0.25) is 0 Å². The monoisotopic (exact) mass is 253 g/mol. The SMILES string of the molecule is CCCOCCC(NCC)c1ccc(F)c(C)c1. The van der Waals surface area contributed by atoms with Gasteiger partial charge < -0.3 is 10.1 Å². The summed E-state index contributed by atoms with van der Waals surface area (Å²) in [4.78, 5) is 0. The molecule has 0 bridgehead atoms. The lowest BCUT2D eigenvalue weighted by atomic mass is 10.0. The molecule has 0 spiro atoms. The van der Waals surface area contributed by atoms with Crippen LogP contribution in [-0.2, 0) is 4.74 Å². The van der Waals surface area contributed by atoms with Crippen molar-refractivity contribution in [1.29, 1.82) is 0 Å². The molecular formula is C15H24FNO. The summed E-state index contributed by atoms with van der Waals surface area (Å²) in [5.74, 6) is -0.142. The maximum Gasteiger partial charge on any atom is 0.126 e. The van der Waals surface area contributed by atoms with Gasteiger partial charge in [0.1, 0.15) is 5.82 Å². The van der Waals surface area contributed by atoms with Gasteiger partial charge in [-0.05, 0) is 43.5 Å². The van der Waals surface area contributed by atoms with Crippen molar-refractivity contribution in [3.05, 3.63) is 35.1 Å². The topological polar surface area (TPSA) is 21.3 Å². The Morgan fingerprint density at radius 1 is 1.28 bits per heavy atom. The van der Waals surface area contributed by atoms with Crippen LogP contribution < -0.4 is 5.32 Å². The minimum absolute atomic E-state index is 0.142. The van der Waals surface area contributed by atoms with Gasteiger partial charge in [-0.1, -0.05) is 26.0 Å². The molecule has 1 aromatic rings. The zero-order valence-electron chi connectivity index (χ0n) is 11.6. The lowest BCUT2D eigenvalue weighted by Gasteiger charge is -2.19. The fraction of sp³-hybridized carbons (Fsp3) is 0.600. The molecule has 0 saturated heterocycles. The van der Waals surface area contributed by atoms with E-state index in [0.29, 0.717) is 5.56 Å². The molecule has 18 heavy (non-hydrogen) atoms. The first kappa shape index (κ1) is 15.1. The highest BCUT2D eigenvalue weighted by molar-refractivity contribution is 5.26. The average Bonchev–Trinajstić information content (AvgIpc) is 2.37. The van der Waals surface area contributed by atoms with Crippen molar-refractivity contribution in [3.8, 4) is 0 Å². The van der Waals surface area contributed by atoms with Gasteiger partial charge >= 0.3 is 0 Å². The quantitative estimate of drug-likeness (QED) is 0.715. The van der Waals surface area contributed by atoms with Gasteiger partial charge in [0.05, 0.1) is 0 Å². The molecule has 3 heteroatoms. The van der Waals surface area contributed by atoms with Crippen molar-refractivity contribution in [1.82, 2.24) is 5.32 Å². The first-order chi connectivity index (χ1) is 8.69. The Labute approximate surface area is 110 Å². The third-order valence-corrected chi connectivity index (χ3v) is 2.93. The summed E-state index contributed by atoms with van der Waals surface area (Å²) in [5.41, 5.74) is 1.83. The van der Waals surface area contributed by atoms with Crippen LogP contribution in [0.5, 0.6) is 0 Å². The largest absolute Gasteiger partial charge is 0.381 e. The number of nitrogens with one attached hydrogen (secondary N) is 1. The summed E-state index contributed by atoms with van der Waals surface area (Å²) in [6, 6.07) is 5.56. The van der Waals surface area contributed by atoms with E-state index in [2.05, 4.69) is 19.2 Å². The number of benzene rings is 1. The number of rotatable bonds is 8. The smallest absolute Gasteiger partial charge is 0.126 e. The molecule has 1 N–H and O–H groups in total. The van der Waals surface area contributed by atoms with E-state index in [9.17, 15) is 4.39 Å². The van der Waals surface area contributed by atoms with Crippen molar-refractivity contribution >= 4 is 0 Å². The minimum atomic E-state index is -0.142. The summed E-state index contributed by atoms with van der Waals surface area (Å²) in [6.07, 6.45) is 1.96. The lowest BCUT2D eigenvalue weighted by Crippen LogP contribution is -2.22. The molecule has 0 fully saturated rings. The predicted molar refractivity (Wildman–Crippen MR) is 73.3 cm³/mol. The predicted octanol–water partition coefficient (Wildman–Crippen LogP) is 3.60. The van der Waals surface area contributed by atoms with Crippen molar-refractivity contribution < 1.29 is 9.13 Å². The fourth-order valence-corrected chi connectivity index (χ4v) is 1.97. The molecule has 1 unspecified atom stereocenters. The Bertz CT molecular complexity index is 354. The van der Waals surface area contributed by atoms with Crippen LogP contribution in [0.1, 0.15) is 43.9 Å². The minimum Gasteiger partial charge on any atom is -0.381 e. The molecule has 1 atom stereocenters. The maximum atomic E-state index is 13.3. The van der Waals surface area contributed by atoms with Crippen LogP contribution in [0.25, 0.3) is 0 Å². The van der Waals surface area contributed by atoms with Gasteiger partial charge in [0.25, 0.3) is 0 Å². The third kappa shape index (κ3) is 4.75. The molecule has 0 aliphatic carbocycles. The van der Waals surface area contributed by atoms with Gasteiger partial charge in [-0.15, -0.1) is 0 Å². The van der Waals surface area contributed by atoms with Crippen molar-refractivity contribution in [3.63, 3.8) is 0 Å². The van der Waals surface area contributed by atoms with Gasteiger partial charge in [0.2, 0.25) is 0 Å². The second-order valence-electron chi connectivity index (χ2n) is 4.52. The number of ether oxygens (including phenoxy) is 1. The van der Waals surface area contributed by atoms with Crippen LogP contribution in [0, 0.1) is 12.7 Å². The Balaban J connectivity index is 2.61. The summed E-state index contributed by atoms with van der Waals surface area (Å²) in [7, 11) is 0. The number of hydrogen-bond donors (Lipinski definition) is 1. The van der Waals surface area contributed by atoms with E-state index in [4.69, 9.17) is 4.74 Å². The highest BCUT2D eigenvalue weighted by Gasteiger charge is 2.11. The van der Waals surface area contributed by atoms with Gasteiger partial charge in [-0.25, -0.2) is 4.39 Å². The van der Waals surface area contributed by atoms with Gasteiger partial charge in [0, 0.05) is 19.3 Å². The van der Waals surface area contributed by atoms with Crippen molar-refractivity contribution in [2.75, 3.05) is 19.8 Å². The highest BCUT2D eigenvalue weighted by Crippen LogP contribution is 2.19. The summed E-state index contributed by atoms with van der Waals surface area (Å²) < 4.78 is 18.8. The van der Waals surface area contributed by atoms with Crippen molar-refractivity contribution in [2.45, 2.75) is 39.7 Å². The normalized spacial score (nSPS) is 12.7. The van der Waals surface area contributed by atoms with Crippen LogP contribution in [-0.4, -0.2) is 19.8 Å². The van der Waals surface area contributed by atoms with Gasteiger partial charge in [0.15, 0.2) is 0 Å². The summed E-state index contributed by atoms with van der Waals surface area (Å²) >= 11 is 0. The Morgan fingerprint density at radius 3 is 2.67 bits per heavy atom. The molecule has 0 saturated carbocycles. The van der Waals surface area contributed by atoms with E-state index in [1.807, 2.05) is 12.1 Å². The first-order valence-corrected chi connectivity index (χ1v) is 6.76. The maximum absolute atomic E-state index is 13.3. The van der Waals surface area contributed by atoms with Crippen LogP contribution in [0.3, 0.4) is 0 Å². The highest BCUT2D eigenvalue weighted by atomic mass is 19.1. The zero-order valence-corrected chi connectivity index (χ0v) is 11.6. The summed E-state index contributed by atoms with van der Waals surface area (Å²) in [5, 5.41) is 3.42. The van der Waals surface area contributed by atoms with Crippen molar-refractivity contribution in [2.24, 2.45) is 0 Å². The molecule has 2 nitrogen and oxygen atoms in total. The van der Waals surface area contributed by atoms with Gasteiger partial charge in [-0.2, -0.15) is 0 Å². The third-order valence-electron chi connectivity index (χ3n) is 2.93. The second-order valence-corrected chi connectivity index (χ2v) is 4.52. The molecular weight excluding hydrogens is 229 g/mol. The van der Waals surface area contributed by atoms with Crippen LogP contribution in [0.15, 0.2) is 18.2 Å². The molecule has 0 aliphatic rings. The van der Waals surface area contributed by atoms with E-state index >= 15 is 0 Å². The Morgan fingerprint density at radius 2 is 2.06 bits per heavy atom. The molecule has 0 aliphatic heterocycles. The standard InChI is InChI=1S/C15H24FNO/c1-4-9-18-10-8-15(17-5-2)13-6-7-14(16)12(3)11-13/h6-7,11,15,17H,4-5,8-10H2,1-3H3. The molecule has 0 radical (unpaired) electrons. The molecule has 1 rings (SSSR count). The van der Waals surface area contributed by atoms with Gasteiger partial charge in [-0.3, -0.25) is 0 Å². The van der Waals surface area contributed by atoms with E-state index in [-0.39, 0.29) is 11.9 Å². The number of hydrogen-bond acceptors (Lipinski definition) is 2. The summed E-state index contributed by atoms with van der Waals surface area (Å²) in [6.45, 7) is 8.43. The number of halogens is 1. The average molecular weight is 253 g/mol. The van der Waals surface area contributed by atoms with E-state index in [1.54, 1.807) is 13.0 Å². The van der Waals surface area contributed by atoms with E-state index in [1.165, 1.54) is 0 Å². The van der Waals surface area contributed by atoms with Crippen LogP contribution in [0.4, 0.5) is 4.39 Å². The Kier molecular flexibility index (Phi) is 6.91. The molecule has 1 aromatic carbocycles. The first-order valence-electron chi connectivity index (χ1n) is 6.76. The number of aryl methyl sites for hydroxylation is 1. The zero-order chi connectivity index (χ0) is 13.4. The van der Waals surface area contributed by atoms with Crippen LogP contribution >= 0.6 is 0 Å². The second kappa shape index (κ2) is 8.22.